The predicted octanol–water partition coefficient (Wildman–Crippen LogP) is 5.24. The third-order valence-electron chi connectivity index (χ3n) is 3.59. The summed E-state index contributed by atoms with van der Waals surface area (Å²) in [5.74, 6) is 0.779. The van der Waals surface area contributed by atoms with Gasteiger partial charge in [0, 0.05) is 10.7 Å². The lowest BCUT2D eigenvalue weighted by molar-refractivity contribution is 0.306. The summed E-state index contributed by atoms with van der Waals surface area (Å²) in [6.07, 6.45) is 1.69. The molecule has 0 heterocycles. The molecule has 0 aliphatic carbocycles. The Hall–Kier alpha value is -2.89. The fourth-order valence-corrected chi connectivity index (χ4v) is 2.67. The van der Waals surface area contributed by atoms with Crippen molar-refractivity contribution in [3.8, 4) is 5.75 Å². The minimum Gasteiger partial charge on any atom is -0.489 e. The fraction of sp³-hybridized carbons (Fsp3) is 0.0476. The molecule has 27 heavy (non-hydrogen) atoms. The Morgan fingerprint density at radius 3 is 2.52 bits per heavy atom. The molecular weight excluding hydrogens is 378 g/mol. The molecule has 0 fully saturated rings. The molecule has 0 aromatic heterocycles. The number of para-hydroxylation sites is 1. The molecule has 0 saturated heterocycles. The Kier molecular flexibility index (Phi) is 6.79. The largest absolute Gasteiger partial charge is 0.489 e. The second-order valence-electron chi connectivity index (χ2n) is 5.68. The van der Waals surface area contributed by atoms with Gasteiger partial charge in [-0.1, -0.05) is 41.9 Å². The number of nitrogens with one attached hydrogen (secondary N) is 2. The van der Waals surface area contributed by atoms with Gasteiger partial charge in [0.05, 0.1) is 6.21 Å². The molecule has 3 rings (SSSR count). The van der Waals surface area contributed by atoms with Crippen molar-refractivity contribution in [3.63, 3.8) is 0 Å². The van der Waals surface area contributed by atoms with Crippen LogP contribution in [0.5, 0.6) is 5.75 Å². The van der Waals surface area contributed by atoms with E-state index in [9.17, 15) is 0 Å². The summed E-state index contributed by atoms with van der Waals surface area (Å²) in [6, 6.07) is 24.9. The summed E-state index contributed by atoms with van der Waals surface area (Å²) in [6.45, 7) is 0.467. The Morgan fingerprint density at radius 2 is 1.78 bits per heavy atom. The van der Waals surface area contributed by atoms with E-state index in [0.29, 0.717) is 16.7 Å². The normalized spacial score (nSPS) is 10.6. The van der Waals surface area contributed by atoms with E-state index in [1.807, 2.05) is 78.9 Å². The van der Waals surface area contributed by atoms with Crippen LogP contribution in [0, 0.1) is 0 Å². The molecule has 0 aliphatic rings. The zero-order chi connectivity index (χ0) is 18.9. The molecule has 3 aromatic carbocycles. The molecule has 4 nitrogen and oxygen atoms in total. The summed E-state index contributed by atoms with van der Waals surface area (Å²) in [7, 11) is 0. The summed E-state index contributed by atoms with van der Waals surface area (Å²) >= 11 is 11.2. The number of halogens is 1. The lowest BCUT2D eigenvalue weighted by Crippen LogP contribution is -2.23. The first-order valence-corrected chi connectivity index (χ1v) is 9.10. The molecule has 3 aromatic rings. The molecule has 0 spiro atoms. The van der Waals surface area contributed by atoms with Crippen LogP contribution in [-0.2, 0) is 6.61 Å². The van der Waals surface area contributed by atoms with Crippen molar-refractivity contribution < 1.29 is 4.74 Å². The molecule has 0 atom stereocenters. The van der Waals surface area contributed by atoms with Crippen LogP contribution in [0.25, 0.3) is 0 Å². The van der Waals surface area contributed by atoms with Crippen molar-refractivity contribution in [1.82, 2.24) is 5.43 Å². The topological polar surface area (TPSA) is 45.7 Å². The second kappa shape index (κ2) is 9.71. The van der Waals surface area contributed by atoms with Crippen LogP contribution >= 0.6 is 23.8 Å². The minimum atomic E-state index is 0.430. The highest BCUT2D eigenvalue weighted by Gasteiger charge is 1.98. The number of nitrogens with zero attached hydrogens (tertiary/aromatic N) is 1. The van der Waals surface area contributed by atoms with Gasteiger partial charge < -0.3 is 10.1 Å². The van der Waals surface area contributed by atoms with Gasteiger partial charge in [0.1, 0.15) is 12.4 Å². The lowest BCUT2D eigenvalue weighted by atomic mass is 10.2. The second-order valence-corrected chi connectivity index (χ2v) is 6.52. The van der Waals surface area contributed by atoms with Gasteiger partial charge in [-0.25, -0.2) is 0 Å². The molecule has 0 unspecified atom stereocenters. The first kappa shape index (κ1) is 18.9. The van der Waals surface area contributed by atoms with Crippen molar-refractivity contribution in [2.24, 2.45) is 5.10 Å². The Morgan fingerprint density at radius 1 is 1.00 bits per heavy atom. The summed E-state index contributed by atoms with van der Waals surface area (Å²) < 4.78 is 5.76. The number of anilines is 1. The van der Waals surface area contributed by atoms with Gasteiger partial charge in [-0.05, 0) is 71.9 Å². The zero-order valence-corrected chi connectivity index (χ0v) is 16.0. The van der Waals surface area contributed by atoms with Crippen LogP contribution < -0.4 is 15.5 Å². The van der Waals surface area contributed by atoms with E-state index in [1.165, 1.54) is 0 Å². The average Bonchev–Trinajstić information content (AvgIpc) is 2.68. The van der Waals surface area contributed by atoms with E-state index < -0.39 is 0 Å². The van der Waals surface area contributed by atoms with Crippen LogP contribution in [-0.4, -0.2) is 11.3 Å². The van der Waals surface area contributed by atoms with Crippen molar-refractivity contribution >= 4 is 40.8 Å². The highest BCUT2D eigenvalue weighted by Crippen LogP contribution is 2.16. The standard InChI is InChI=1S/C21H18ClN3OS/c22-18-6-4-5-17(13-18)15-26-20-11-9-16(10-12-20)14-23-25-21(27)24-19-7-2-1-3-8-19/h1-14H,15H2,(H2,24,25,27)/b23-14-. The van der Waals surface area contributed by atoms with E-state index in [-0.39, 0.29) is 0 Å². The predicted molar refractivity (Wildman–Crippen MR) is 116 cm³/mol. The number of thiocarbonyl (C=S) groups is 1. The molecule has 6 heteroatoms. The Bertz CT molecular complexity index is 914. The fourth-order valence-electron chi connectivity index (χ4n) is 2.29. The van der Waals surface area contributed by atoms with Gasteiger partial charge in [-0.15, -0.1) is 0 Å². The number of benzene rings is 3. The number of hydrazone groups is 1. The quantitative estimate of drug-likeness (QED) is 0.340. The Balaban J connectivity index is 1.47. The first-order valence-electron chi connectivity index (χ1n) is 8.31. The highest BCUT2D eigenvalue weighted by molar-refractivity contribution is 7.80. The third-order valence-corrected chi connectivity index (χ3v) is 4.01. The first-order chi connectivity index (χ1) is 13.2. The van der Waals surface area contributed by atoms with E-state index in [0.717, 1.165) is 22.6 Å². The van der Waals surface area contributed by atoms with Crippen LogP contribution in [0.2, 0.25) is 5.02 Å². The summed E-state index contributed by atoms with van der Waals surface area (Å²) in [4.78, 5) is 0. The van der Waals surface area contributed by atoms with Crippen LogP contribution in [0.15, 0.2) is 84.0 Å². The maximum atomic E-state index is 5.97. The maximum Gasteiger partial charge on any atom is 0.191 e. The smallest absolute Gasteiger partial charge is 0.191 e. The van der Waals surface area contributed by atoms with Gasteiger partial charge in [-0.2, -0.15) is 5.10 Å². The summed E-state index contributed by atoms with van der Waals surface area (Å²) in [5.41, 5.74) is 5.66. The van der Waals surface area contributed by atoms with Gasteiger partial charge in [0.2, 0.25) is 0 Å². The van der Waals surface area contributed by atoms with E-state index in [4.69, 9.17) is 28.6 Å². The monoisotopic (exact) mass is 395 g/mol. The zero-order valence-electron chi connectivity index (χ0n) is 14.4. The van der Waals surface area contributed by atoms with Crippen LogP contribution in [0.4, 0.5) is 5.69 Å². The van der Waals surface area contributed by atoms with E-state index >= 15 is 0 Å². The molecular formula is C21H18ClN3OS. The molecule has 0 amide bonds. The maximum absolute atomic E-state index is 5.97. The minimum absolute atomic E-state index is 0.430. The van der Waals surface area contributed by atoms with Gasteiger partial charge in [-0.3, -0.25) is 5.43 Å². The number of ether oxygens (including phenoxy) is 1. The van der Waals surface area contributed by atoms with Gasteiger partial charge in [0.15, 0.2) is 5.11 Å². The van der Waals surface area contributed by atoms with Crippen molar-refractivity contribution in [1.29, 1.82) is 0 Å². The molecule has 136 valence electrons. The van der Waals surface area contributed by atoms with Crippen LogP contribution in [0.3, 0.4) is 0 Å². The van der Waals surface area contributed by atoms with Crippen molar-refractivity contribution in [2.75, 3.05) is 5.32 Å². The number of hydrogen-bond acceptors (Lipinski definition) is 3. The number of rotatable bonds is 6. The van der Waals surface area contributed by atoms with Crippen molar-refractivity contribution in [2.45, 2.75) is 6.61 Å². The molecule has 0 bridgehead atoms. The van der Waals surface area contributed by atoms with Gasteiger partial charge in [0.25, 0.3) is 0 Å². The molecule has 0 aliphatic heterocycles. The summed E-state index contributed by atoms with van der Waals surface area (Å²) in [5, 5.41) is 8.32. The third kappa shape index (κ3) is 6.40. The van der Waals surface area contributed by atoms with Gasteiger partial charge >= 0.3 is 0 Å². The van der Waals surface area contributed by atoms with Crippen LogP contribution in [0.1, 0.15) is 11.1 Å². The highest BCUT2D eigenvalue weighted by atomic mass is 35.5. The SMILES string of the molecule is S=C(N/N=C\c1ccc(OCc2cccc(Cl)c2)cc1)Nc1ccccc1. The molecule has 0 radical (unpaired) electrons. The van der Waals surface area contributed by atoms with Crippen molar-refractivity contribution in [3.05, 3.63) is 95.0 Å². The van der Waals surface area contributed by atoms with E-state index in [1.54, 1.807) is 6.21 Å². The number of hydrogen-bond donors (Lipinski definition) is 2. The average molecular weight is 396 g/mol. The Labute approximate surface area is 168 Å². The molecule has 2 N–H and O–H groups in total. The molecule has 0 saturated carbocycles. The van der Waals surface area contributed by atoms with E-state index in [2.05, 4.69) is 15.8 Å². The lowest BCUT2D eigenvalue weighted by Gasteiger charge is -2.07.